The molecule has 2 aromatic carbocycles. The van der Waals surface area contributed by atoms with Gasteiger partial charge in [-0.25, -0.2) is 0 Å². The van der Waals surface area contributed by atoms with Crippen LogP contribution in [0.1, 0.15) is 26.4 Å². The summed E-state index contributed by atoms with van der Waals surface area (Å²) >= 11 is 0. The van der Waals surface area contributed by atoms with Crippen LogP contribution in [0.2, 0.25) is 0 Å². The highest BCUT2D eigenvalue weighted by molar-refractivity contribution is 6.21. The highest BCUT2D eigenvalue weighted by Gasteiger charge is 2.29. The molecule has 0 unspecified atom stereocenters. The van der Waals surface area contributed by atoms with Crippen molar-refractivity contribution < 1.29 is 9.59 Å². The van der Waals surface area contributed by atoms with E-state index in [9.17, 15) is 9.59 Å². The minimum atomic E-state index is -0.393. The number of amides is 1. The lowest BCUT2D eigenvalue weighted by molar-refractivity contribution is 0.102. The van der Waals surface area contributed by atoms with Gasteiger partial charge in [0, 0.05) is 16.8 Å². The molecule has 0 bridgehead atoms. The van der Waals surface area contributed by atoms with E-state index in [-0.39, 0.29) is 11.5 Å². The summed E-state index contributed by atoms with van der Waals surface area (Å²) in [6.45, 7) is 0. The van der Waals surface area contributed by atoms with E-state index < -0.39 is 5.91 Å². The number of nitrogens with zero attached hydrogens (tertiary/aromatic N) is 2. The van der Waals surface area contributed by atoms with Crippen LogP contribution in [-0.4, -0.2) is 21.9 Å². The first-order chi connectivity index (χ1) is 11.2. The Morgan fingerprint density at radius 1 is 0.826 bits per heavy atom. The van der Waals surface area contributed by atoms with Gasteiger partial charge in [-0.2, -0.15) is 0 Å². The lowest BCUT2D eigenvalue weighted by Gasteiger charge is -2.05. The first-order valence-corrected chi connectivity index (χ1v) is 7.12. The van der Waals surface area contributed by atoms with Gasteiger partial charge in [0.25, 0.3) is 5.91 Å². The van der Waals surface area contributed by atoms with Gasteiger partial charge < -0.3 is 5.32 Å². The van der Waals surface area contributed by atoms with Gasteiger partial charge in [-0.3, -0.25) is 9.59 Å². The number of ketones is 1. The van der Waals surface area contributed by atoms with E-state index in [1.165, 1.54) is 6.07 Å². The number of carbonyl (C=O) groups excluding carboxylic acids is 2. The number of fused-ring (bicyclic) bond motifs is 3. The van der Waals surface area contributed by atoms with Gasteiger partial charge in [-0.15, -0.1) is 10.2 Å². The SMILES string of the molecule is O=C(Nc1ccccc1)c1cc2c(nn1)-c1ccccc1C2=O. The predicted molar refractivity (Wildman–Crippen MR) is 85.3 cm³/mol. The largest absolute Gasteiger partial charge is 0.321 e. The van der Waals surface area contributed by atoms with Crippen molar-refractivity contribution >= 4 is 17.4 Å². The molecule has 5 nitrogen and oxygen atoms in total. The number of carbonyl (C=O) groups is 2. The second-order valence-corrected chi connectivity index (χ2v) is 5.19. The fraction of sp³-hybridized carbons (Fsp3) is 0. The van der Waals surface area contributed by atoms with Crippen LogP contribution in [-0.2, 0) is 0 Å². The Bertz CT molecular complexity index is 936. The summed E-state index contributed by atoms with van der Waals surface area (Å²) in [6.07, 6.45) is 0. The van der Waals surface area contributed by atoms with Crippen LogP contribution in [0.5, 0.6) is 0 Å². The third kappa shape index (κ3) is 2.19. The van der Waals surface area contributed by atoms with Gasteiger partial charge in [0.15, 0.2) is 11.5 Å². The molecular weight excluding hydrogens is 290 g/mol. The zero-order chi connectivity index (χ0) is 15.8. The average Bonchev–Trinajstić information content (AvgIpc) is 2.89. The lowest BCUT2D eigenvalue weighted by Crippen LogP contribution is -2.15. The second-order valence-electron chi connectivity index (χ2n) is 5.19. The molecule has 0 saturated carbocycles. The van der Waals surface area contributed by atoms with Crippen molar-refractivity contribution in [3.8, 4) is 11.3 Å². The number of aromatic nitrogens is 2. The molecule has 0 aliphatic heterocycles. The summed E-state index contributed by atoms with van der Waals surface area (Å²) in [7, 11) is 0. The highest BCUT2D eigenvalue weighted by Crippen LogP contribution is 2.34. The first-order valence-electron chi connectivity index (χ1n) is 7.12. The number of para-hydroxylation sites is 1. The van der Waals surface area contributed by atoms with E-state index in [2.05, 4.69) is 15.5 Å². The molecule has 5 heteroatoms. The average molecular weight is 301 g/mol. The predicted octanol–water partition coefficient (Wildman–Crippen LogP) is 2.94. The molecule has 110 valence electrons. The molecule has 4 rings (SSSR count). The third-order valence-corrected chi connectivity index (χ3v) is 3.73. The molecule has 1 aliphatic rings. The fourth-order valence-electron chi connectivity index (χ4n) is 2.62. The minimum Gasteiger partial charge on any atom is -0.321 e. The summed E-state index contributed by atoms with van der Waals surface area (Å²) in [4.78, 5) is 24.7. The number of hydrogen-bond donors (Lipinski definition) is 1. The van der Waals surface area contributed by atoms with Crippen LogP contribution >= 0.6 is 0 Å². The van der Waals surface area contributed by atoms with Crippen molar-refractivity contribution in [1.82, 2.24) is 10.2 Å². The van der Waals surface area contributed by atoms with Gasteiger partial charge in [0.2, 0.25) is 0 Å². The Kier molecular flexibility index (Phi) is 2.98. The topological polar surface area (TPSA) is 72.0 Å². The normalized spacial score (nSPS) is 11.7. The van der Waals surface area contributed by atoms with Gasteiger partial charge in [-0.05, 0) is 18.2 Å². The van der Waals surface area contributed by atoms with Crippen molar-refractivity contribution in [2.24, 2.45) is 0 Å². The minimum absolute atomic E-state index is 0.119. The van der Waals surface area contributed by atoms with E-state index >= 15 is 0 Å². The smallest absolute Gasteiger partial charge is 0.276 e. The molecule has 3 aromatic rings. The van der Waals surface area contributed by atoms with Gasteiger partial charge in [0.1, 0.15) is 5.69 Å². The molecule has 1 aromatic heterocycles. The van der Waals surface area contributed by atoms with Crippen molar-refractivity contribution in [3.05, 3.63) is 77.5 Å². The zero-order valence-corrected chi connectivity index (χ0v) is 12.0. The highest BCUT2D eigenvalue weighted by atomic mass is 16.2. The number of nitrogens with one attached hydrogen (secondary N) is 1. The molecule has 0 radical (unpaired) electrons. The summed E-state index contributed by atoms with van der Waals surface area (Å²) in [5.74, 6) is -0.519. The van der Waals surface area contributed by atoms with Crippen LogP contribution in [0.15, 0.2) is 60.7 Å². The van der Waals surface area contributed by atoms with E-state index in [0.717, 1.165) is 5.56 Å². The summed E-state index contributed by atoms with van der Waals surface area (Å²) in [6, 6.07) is 17.8. The molecule has 1 aliphatic carbocycles. The first kappa shape index (κ1) is 13.3. The number of rotatable bonds is 2. The standard InChI is InChI=1S/C18H11N3O2/c22-17-13-9-5-4-8-12(13)16-14(17)10-15(20-21-16)18(23)19-11-6-2-1-3-7-11/h1-10H,(H,19,23). The Balaban J connectivity index is 1.69. The van der Waals surface area contributed by atoms with Gasteiger partial charge in [-0.1, -0.05) is 42.5 Å². The molecule has 0 atom stereocenters. The molecule has 1 N–H and O–H groups in total. The molecule has 23 heavy (non-hydrogen) atoms. The third-order valence-electron chi connectivity index (χ3n) is 3.73. The maximum absolute atomic E-state index is 12.4. The van der Waals surface area contributed by atoms with Crippen molar-refractivity contribution in [3.63, 3.8) is 0 Å². The van der Waals surface area contributed by atoms with Crippen LogP contribution in [0, 0.1) is 0 Å². The van der Waals surface area contributed by atoms with E-state index in [0.29, 0.717) is 22.5 Å². The van der Waals surface area contributed by atoms with E-state index in [4.69, 9.17) is 0 Å². The Hall–Kier alpha value is -3.34. The maximum Gasteiger partial charge on any atom is 0.276 e. The molecule has 1 heterocycles. The lowest BCUT2D eigenvalue weighted by atomic mass is 10.1. The van der Waals surface area contributed by atoms with E-state index in [1.54, 1.807) is 24.3 Å². The molecule has 0 fully saturated rings. The molecule has 1 amide bonds. The summed E-state index contributed by atoms with van der Waals surface area (Å²) in [5, 5.41) is 10.8. The van der Waals surface area contributed by atoms with Crippen LogP contribution in [0.3, 0.4) is 0 Å². The molecule has 0 saturated heterocycles. The van der Waals surface area contributed by atoms with E-state index in [1.807, 2.05) is 30.3 Å². The molecule has 0 spiro atoms. The van der Waals surface area contributed by atoms with Gasteiger partial charge in [0.05, 0.1) is 5.56 Å². The van der Waals surface area contributed by atoms with Crippen molar-refractivity contribution in [1.29, 1.82) is 0 Å². The monoisotopic (exact) mass is 301 g/mol. The maximum atomic E-state index is 12.4. The molecular formula is C18H11N3O2. The summed E-state index contributed by atoms with van der Waals surface area (Å²) in [5.41, 5.74) is 3.08. The number of benzene rings is 2. The summed E-state index contributed by atoms with van der Waals surface area (Å²) < 4.78 is 0. The van der Waals surface area contributed by atoms with Crippen LogP contribution in [0.4, 0.5) is 5.69 Å². The Morgan fingerprint density at radius 3 is 2.30 bits per heavy atom. The zero-order valence-electron chi connectivity index (χ0n) is 12.0. The fourth-order valence-corrected chi connectivity index (χ4v) is 2.62. The van der Waals surface area contributed by atoms with Crippen LogP contribution in [0.25, 0.3) is 11.3 Å². The number of hydrogen-bond acceptors (Lipinski definition) is 4. The Labute approximate surface area is 132 Å². The Morgan fingerprint density at radius 2 is 1.52 bits per heavy atom. The van der Waals surface area contributed by atoms with Crippen molar-refractivity contribution in [2.45, 2.75) is 0 Å². The van der Waals surface area contributed by atoms with Gasteiger partial charge >= 0.3 is 0 Å². The quantitative estimate of drug-likeness (QED) is 0.618. The van der Waals surface area contributed by atoms with Crippen LogP contribution < -0.4 is 5.32 Å². The number of anilines is 1. The second kappa shape index (κ2) is 5.14. The van der Waals surface area contributed by atoms with Crippen molar-refractivity contribution in [2.75, 3.05) is 5.32 Å².